The van der Waals surface area contributed by atoms with Crippen LogP contribution in [0.3, 0.4) is 0 Å². The summed E-state index contributed by atoms with van der Waals surface area (Å²) in [5.74, 6) is 1.08. The second-order valence-corrected chi connectivity index (χ2v) is 15.0. The van der Waals surface area contributed by atoms with E-state index in [1.807, 2.05) is 17.0 Å². The number of likely N-dealkylation sites (tertiary alicyclic amines) is 2. The predicted octanol–water partition coefficient (Wildman–Crippen LogP) is 9.13. The van der Waals surface area contributed by atoms with Crippen LogP contribution < -0.4 is 14.2 Å². The molecule has 1 N–H and O–H groups in total. The van der Waals surface area contributed by atoms with Gasteiger partial charge in [0, 0.05) is 48.7 Å². The number of piperidine rings is 2. The standard InChI is InChI=1S/C44H51ClN4O5/c1-30-11-4-6-17-48(30)19-10-20-52-41-16-9-14-38(32(41)3)37-13-8-12-35(31(37)2)29-54-43-23-42(53-28-34-21-33(24-46)25-47-26-34)36(22-39(43)45)27-49-18-7-5-15-40(49)44(50)51/h8-9,12-14,16,21-23,25-26,30,40H,4-7,10-11,15,17-20,27-29H2,1-3H3,(H,50,51)/t30?,40-/m0/s1. The van der Waals surface area contributed by atoms with E-state index in [-0.39, 0.29) is 13.2 Å². The number of rotatable bonds is 15. The molecule has 0 amide bonds. The van der Waals surface area contributed by atoms with Crippen LogP contribution in [0.4, 0.5) is 0 Å². The van der Waals surface area contributed by atoms with Gasteiger partial charge in [-0.25, -0.2) is 0 Å². The Morgan fingerprint density at radius 3 is 2.39 bits per heavy atom. The van der Waals surface area contributed by atoms with Gasteiger partial charge < -0.3 is 24.2 Å². The van der Waals surface area contributed by atoms with E-state index in [9.17, 15) is 15.2 Å². The Hall–Kier alpha value is -4.62. The molecule has 2 aliphatic rings. The lowest BCUT2D eigenvalue weighted by molar-refractivity contribution is -0.144. The van der Waals surface area contributed by atoms with E-state index in [0.29, 0.717) is 54.2 Å². The third kappa shape index (κ3) is 9.72. The molecule has 0 bridgehead atoms. The third-order valence-corrected chi connectivity index (χ3v) is 11.2. The number of hydrogen-bond donors (Lipinski definition) is 1. The zero-order valence-electron chi connectivity index (χ0n) is 31.7. The van der Waals surface area contributed by atoms with E-state index < -0.39 is 12.0 Å². The van der Waals surface area contributed by atoms with Crippen LogP contribution in [0.15, 0.2) is 67.0 Å². The van der Waals surface area contributed by atoms with Crippen LogP contribution in [-0.4, -0.2) is 64.2 Å². The molecule has 2 atom stereocenters. The van der Waals surface area contributed by atoms with Crippen LogP contribution in [0.1, 0.15) is 85.3 Å². The normalized spacial score (nSPS) is 17.8. The summed E-state index contributed by atoms with van der Waals surface area (Å²) in [5.41, 5.74) is 7.43. The summed E-state index contributed by atoms with van der Waals surface area (Å²) in [6.45, 7) is 11.0. The number of pyridine rings is 1. The van der Waals surface area contributed by atoms with E-state index in [0.717, 1.165) is 70.5 Å². The first-order valence-electron chi connectivity index (χ1n) is 19.2. The molecule has 0 aliphatic carbocycles. The number of aromatic nitrogens is 1. The van der Waals surface area contributed by atoms with E-state index >= 15 is 0 Å². The van der Waals surface area contributed by atoms with Crippen LogP contribution >= 0.6 is 11.6 Å². The minimum atomic E-state index is -0.826. The van der Waals surface area contributed by atoms with Gasteiger partial charge in [0.05, 0.1) is 17.2 Å². The highest BCUT2D eigenvalue weighted by atomic mass is 35.5. The summed E-state index contributed by atoms with van der Waals surface area (Å²) in [6.07, 6.45) is 10.5. The van der Waals surface area contributed by atoms with Gasteiger partial charge in [0.25, 0.3) is 0 Å². The molecular formula is C44H51ClN4O5. The number of halogens is 1. The molecule has 2 fully saturated rings. The van der Waals surface area contributed by atoms with Crippen molar-refractivity contribution in [2.75, 3.05) is 26.2 Å². The van der Waals surface area contributed by atoms with E-state index in [4.69, 9.17) is 25.8 Å². The number of hydrogen-bond acceptors (Lipinski definition) is 8. The van der Waals surface area contributed by atoms with Crippen molar-refractivity contribution >= 4 is 17.6 Å². The lowest BCUT2D eigenvalue weighted by Crippen LogP contribution is -2.44. The molecule has 284 valence electrons. The molecule has 0 saturated carbocycles. The fourth-order valence-corrected chi connectivity index (χ4v) is 7.94. The molecule has 1 aromatic heterocycles. The summed E-state index contributed by atoms with van der Waals surface area (Å²) < 4.78 is 19.1. The van der Waals surface area contributed by atoms with Crippen molar-refractivity contribution in [2.24, 2.45) is 0 Å². The fraction of sp³-hybridized carbons (Fsp3) is 0.432. The summed E-state index contributed by atoms with van der Waals surface area (Å²) in [6, 6.07) is 20.0. The lowest BCUT2D eigenvalue weighted by Gasteiger charge is -2.33. The Morgan fingerprint density at radius 1 is 0.870 bits per heavy atom. The lowest BCUT2D eigenvalue weighted by atomic mass is 9.93. The van der Waals surface area contributed by atoms with E-state index in [1.54, 1.807) is 18.3 Å². The highest BCUT2D eigenvalue weighted by molar-refractivity contribution is 6.32. The zero-order valence-corrected chi connectivity index (χ0v) is 32.4. The Morgan fingerprint density at radius 2 is 1.61 bits per heavy atom. The summed E-state index contributed by atoms with van der Waals surface area (Å²) in [4.78, 5) is 20.8. The van der Waals surface area contributed by atoms with Crippen molar-refractivity contribution in [3.05, 3.63) is 105 Å². The van der Waals surface area contributed by atoms with Gasteiger partial charge in [-0.15, -0.1) is 0 Å². The Balaban J connectivity index is 1.18. The summed E-state index contributed by atoms with van der Waals surface area (Å²) in [5, 5.41) is 19.7. The highest BCUT2D eigenvalue weighted by Gasteiger charge is 2.29. The molecular weight excluding hydrogens is 700 g/mol. The monoisotopic (exact) mass is 750 g/mol. The first-order chi connectivity index (χ1) is 26.2. The van der Waals surface area contributed by atoms with Crippen molar-refractivity contribution < 1.29 is 24.1 Å². The number of carboxylic acids is 1. The van der Waals surface area contributed by atoms with Gasteiger partial charge in [-0.3, -0.25) is 14.7 Å². The molecule has 2 saturated heterocycles. The summed E-state index contributed by atoms with van der Waals surface area (Å²) >= 11 is 6.87. The van der Waals surface area contributed by atoms with Gasteiger partial charge in [0.15, 0.2) is 0 Å². The number of carbonyl (C=O) groups is 1. The average molecular weight is 751 g/mol. The van der Waals surface area contributed by atoms with Crippen LogP contribution in [0.25, 0.3) is 11.1 Å². The topological polar surface area (TPSA) is 108 Å². The van der Waals surface area contributed by atoms with Gasteiger partial charge >= 0.3 is 5.97 Å². The highest BCUT2D eigenvalue weighted by Crippen LogP contribution is 2.37. The van der Waals surface area contributed by atoms with Crippen molar-refractivity contribution in [1.82, 2.24) is 14.8 Å². The smallest absolute Gasteiger partial charge is 0.320 e. The maximum absolute atomic E-state index is 12.1. The number of benzene rings is 3. The average Bonchev–Trinajstić information content (AvgIpc) is 3.18. The van der Waals surface area contributed by atoms with Crippen LogP contribution in [0.2, 0.25) is 5.02 Å². The minimum absolute atomic E-state index is 0.167. The number of carboxylic acid groups (broad SMARTS) is 1. The van der Waals surface area contributed by atoms with E-state index in [1.165, 1.54) is 32.0 Å². The van der Waals surface area contributed by atoms with Crippen molar-refractivity contribution in [3.8, 4) is 34.4 Å². The molecule has 3 heterocycles. The van der Waals surface area contributed by atoms with Crippen LogP contribution in [0.5, 0.6) is 17.2 Å². The number of nitrogens with zero attached hydrogens (tertiary/aromatic N) is 4. The molecule has 9 nitrogen and oxygen atoms in total. The first kappa shape index (κ1) is 39.1. The van der Waals surface area contributed by atoms with Gasteiger partial charge in [-0.1, -0.05) is 54.8 Å². The van der Waals surface area contributed by atoms with Gasteiger partial charge in [-0.05, 0) is 112 Å². The molecule has 0 radical (unpaired) electrons. The molecule has 3 aromatic carbocycles. The predicted molar refractivity (Wildman–Crippen MR) is 211 cm³/mol. The molecule has 54 heavy (non-hydrogen) atoms. The zero-order chi connectivity index (χ0) is 38.0. The maximum atomic E-state index is 12.1. The van der Waals surface area contributed by atoms with Crippen molar-refractivity contribution in [1.29, 1.82) is 5.26 Å². The molecule has 2 aliphatic heterocycles. The quantitative estimate of drug-likeness (QED) is 0.119. The second kappa shape index (κ2) is 18.6. The minimum Gasteiger partial charge on any atom is -0.493 e. The molecule has 4 aromatic rings. The van der Waals surface area contributed by atoms with Crippen LogP contribution in [0, 0.1) is 25.2 Å². The van der Waals surface area contributed by atoms with E-state index in [2.05, 4.69) is 67.1 Å². The SMILES string of the molecule is Cc1c(COc2cc(OCc3cncc(C#N)c3)c(CN3CCCC[C@H]3C(=O)O)cc2Cl)cccc1-c1cccc(OCCCN2CCCCC2C)c1C. The van der Waals surface area contributed by atoms with Crippen molar-refractivity contribution in [3.63, 3.8) is 0 Å². The molecule has 10 heteroatoms. The maximum Gasteiger partial charge on any atom is 0.320 e. The number of aliphatic carboxylic acids is 1. The molecule has 6 rings (SSSR count). The van der Waals surface area contributed by atoms with Crippen molar-refractivity contribution in [2.45, 2.75) is 97.6 Å². The Bertz CT molecular complexity index is 1960. The van der Waals surface area contributed by atoms with Gasteiger partial charge in [0.1, 0.15) is 42.6 Å². The van der Waals surface area contributed by atoms with Gasteiger partial charge in [0.2, 0.25) is 0 Å². The van der Waals surface area contributed by atoms with Gasteiger partial charge in [-0.2, -0.15) is 5.26 Å². The number of nitriles is 1. The van der Waals surface area contributed by atoms with Crippen LogP contribution in [-0.2, 0) is 24.6 Å². The Kier molecular flexibility index (Phi) is 13.5. The largest absolute Gasteiger partial charge is 0.493 e. The first-order valence-corrected chi connectivity index (χ1v) is 19.5. The number of ether oxygens (including phenoxy) is 3. The summed E-state index contributed by atoms with van der Waals surface area (Å²) in [7, 11) is 0. The molecule has 1 unspecified atom stereocenters. The Labute approximate surface area is 324 Å². The molecule has 0 spiro atoms. The second-order valence-electron chi connectivity index (χ2n) is 14.6. The third-order valence-electron chi connectivity index (χ3n) is 10.9. The fourth-order valence-electron chi connectivity index (χ4n) is 7.70.